The third-order valence-electron chi connectivity index (χ3n) is 3.82. The van der Waals surface area contributed by atoms with E-state index < -0.39 is 0 Å². The van der Waals surface area contributed by atoms with Crippen LogP contribution in [0.5, 0.6) is 0 Å². The van der Waals surface area contributed by atoms with Crippen molar-refractivity contribution in [2.45, 2.75) is 58.3 Å². The molecule has 0 bridgehead atoms. The molecule has 1 N–H and O–H groups in total. The Balaban J connectivity index is 1.68. The Kier molecular flexibility index (Phi) is 5.22. The average molecular weight is 252 g/mol. The molecule has 104 valence electrons. The molecular formula is C15H28N2O. The zero-order valence-corrected chi connectivity index (χ0v) is 12.1. The maximum atomic E-state index is 6.13. The Morgan fingerprint density at radius 3 is 2.89 bits per heavy atom. The lowest BCUT2D eigenvalue weighted by Gasteiger charge is -2.28. The van der Waals surface area contributed by atoms with Crippen LogP contribution < -0.4 is 5.32 Å². The molecule has 2 heterocycles. The third kappa shape index (κ3) is 4.38. The zero-order chi connectivity index (χ0) is 13.0. The zero-order valence-electron chi connectivity index (χ0n) is 12.1. The fraction of sp³-hybridized carbons (Fsp3) is 0.867. The summed E-state index contributed by atoms with van der Waals surface area (Å²) in [5, 5.41) is 3.47. The normalized spacial score (nSPS) is 29.9. The lowest BCUT2D eigenvalue weighted by Crippen LogP contribution is -2.37. The molecule has 18 heavy (non-hydrogen) atoms. The van der Waals surface area contributed by atoms with Crippen molar-refractivity contribution in [1.29, 1.82) is 0 Å². The average Bonchev–Trinajstić information content (AvgIpc) is 2.74. The summed E-state index contributed by atoms with van der Waals surface area (Å²) in [6.45, 7) is 11.1. The van der Waals surface area contributed by atoms with Crippen LogP contribution in [0.1, 0.15) is 40.0 Å². The molecule has 0 saturated carbocycles. The van der Waals surface area contributed by atoms with Crippen LogP contribution >= 0.6 is 0 Å². The second kappa shape index (κ2) is 6.69. The molecule has 0 radical (unpaired) electrons. The number of ether oxygens (including phenoxy) is 1. The minimum atomic E-state index is 0.429. The summed E-state index contributed by atoms with van der Waals surface area (Å²) < 4.78 is 6.13. The maximum Gasteiger partial charge on any atom is 0.0707 e. The molecule has 2 atom stereocenters. The van der Waals surface area contributed by atoms with Crippen LogP contribution in [-0.2, 0) is 4.74 Å². The molecule has 3 heteroatoms. The first-order valence-corrected chi connectivity index (χ1v) is 7.40. The van der Waals surface area contributed by atoms with E-state index in [2.05, 4.69) is 37.1 Å². The van der Waals surface area contributed by atoms with Gasteiger partial charge in [0.2, 0.25) is 0 Å². The molecule has 0 aromatic rings. The van der Waals surface area contributed by atoms with Crippen LogP contribution in [0.4, 0.5) is 0 Å². The van der Waals surface area contributed by atoms with E-state index in [1.54, 1.807) is 0 Å². The Labute approximate surface area is 112 Å². The lowest BCUT2D eigenvalue weighted by molar-refractivity contribution is 0.0238. The van der Waals surface area contributed by atoms with Crippen molar-refractivity contribution >= 4 is 0 Å². The van der Waals surface area contributed by atoms with Gasteiger partial charge in [-0.25, -0.2) is 0 Å². The van der Waals surface area contributed by atoms with Crippen LogP contribution in [0.25, 0.3) is 0 Å². The lowest BCUT2D eigenvalue weighted by atomic mass is 10.1. The quantitative estimate of drug-likeness (QED) is 0.759. The summed E-state index contributed by atoms with van der Waals surface area (Å²) >= 11 is 0. The fourth-order valence-electron chi connectivity index (χ4n) is 2.87. The van der Waals surface area contributed by atoms with Crippen LogP contribution in [-0.4, -0.2) is 49.3 Å². The summed E-state index contributed by atoms with van der Waals surface area (Å²) in [5.74, 6) is 0. The van der Waals surface area contributed by atoms with Gasteiger partial charge in [0.1, 0.15) is 0 Å². The van der Waals surface area contributed by atoms with E-state index in [1.165, 1.54) is 31.4 Å². The largest absolute Gasteiger partial charge is 0.372 e. The number of nitrogens with zero attached hydrogens (tertiary/aromatic N) is 1. The third-order valence-corrected chi connectivity index (χ3v) is 3.82. The molecule has 0 aromatic carbocycles. The summed E-state index contributed by atoms with van der Waals surface area (Å²) in [6.07, 6.45) is 6.89. The highest BCUT2D eigenvalue weighted by atomic mass is 16.5. The van der Waals surface area contributed by atoms with Gasteiger partial charge in [0.05, 0.1) is 12.2 Å². The molecule has 1 fully saturated rings. The highest BCUT2D eigenvalue weighted by molar-refractivity contribution is 5.04. The van der Waals surface area contributed by atoms with Crippen LogP contribution in [0.3, 0.4) is 0 Å². The minimum absolute atomic E-state index is 0.429. The summed E-state index contributed by atoms with van der Waals surface area (Å²) in [6, 6.07) is 0.558. The minimum Gasteiger partial charge on any atom is -0.372 e. The molecule has 0 aromatic heterocycles. The van der Waals surface area contributed by atoms with Crippen molar-refractivity contribution in [3.8, 4) is 0 Å². The first-order chi connectivity index (χ1) is 8.63. The van der Waals surface area contributed by atoms with Crippen molar-refractivity contribution in [2.24, 2.45) is 0 Å². The van der Waals surface area contributed by atoms with Gasteiger partial charge in [0.15, 0.2) is 0 Å². The molecule has 2 aliphatic rings. The Morgan fingerprint density at radius 2 is 2.17 bits per heavy atom. The number of rotatable bonds is 5. The molecule has 0 aliphatic carbocycles. The van der Waals surface area contributed by atoms with E-state index in [0.29, 0.717) is 18.2 Å². The Bertz CT molecular complexity index is 288. The molecule has 0 amide bonds. The number of hydrogen-bond acceptors (Lipinski definition) is 3. The van der Waals surface area contributed by atoms with Crippen molar-refractivity contribution in [1.82, 2.24) is 10.2 Å². The van der Waals surface area contributed by atoms with Gasteiger partial charge in [-0.2, -0.15) is 0 Å². The second-order valence-electron chi connectivity index (χ2n) is 6.09. The number of hydrogen-bond donors (Lipinski definition) is 1. The SMILES string of the molecule is CC1=CCCN(CC2CCC(CNC(C)C)O2)C1. The van der Waals surface area contributed by atoms with Gasteiger partial charge in [-0.1, -0.05) is 25.5 Å². The second-order valence-corrected chi connectivity index (χ2v) is 6.09. The monoisotopic (exact) mass is 252 g/mol. The van der Waals surface area contributed by atoms with E-state index >= 15 is 0 Å². The van der Waals surface area contributed by atoms with E-state index in [9.17, 15) is 0 Å². The molecule has 2 rings (SSSR count). The van der Waals surface area contributed by atoms with Crippen molar-refractivity contribution < 1.29 is 4.74 Å². The molecule has 1 saturated heterocycles. The van der Waals surface area contributed by atoms with Crippen LogP contribution in [0, 0.1) is 0 Å². The van der Waals surface area contributed by atoms with Crippen molar-refractivity contribution in [3.63, 3.8) is 0 Å². The highest BCUT2D eigenvalue weighted by Gasteiger charge is 2.27. The fourth-order valence-corrected chi connectivity index (χ4v) is 2.87. The maximum absolute atomic E-state index is 6.13. The van der Waals surface area contributed by atoms with Gasteiger partial charge in [-0.05, 0) is 26.2 Å². The summed E-state index contributed by atoms with van der Waals surface area (Å²) in [7, 11) is 0. The van der Waals surface area contributed by atoms with Gasteiger partial charge >= 0.3 is 0 Å². The van der Waals surface area contributed by atoms with E-state index in [-0.39, 0.29) is 0 Å². The van der Waals surface area contributed by atoms with E-state index in [0.717, 1.165) is 19.6 Å². The van der Waals surface area contributed by atoms with Crippen molar-refractivity contribution in [3.05, 3.63) is 11.6 Å². The van der Waals surface area contributed by atoms with Crippen LogP contribution in [0.2, 0.25) is 0 Å². The van der Waals surface area contributed by atoms with Crippen LogP contribution in [0.15, 0.2) is 11.6 Å². The number of nitrogens with one attached hydrogen (secondary N) is 1. The summed E-state index contributed by atoms with van der Waals surface area (Å²) in [4.78, 5) is 2.54. The molecule has 2 unspecified atom stereocenters. The van der Waals surface area contributed by atoms with Gasteiger partial charge in [0, 0.05) is 32.2 Å². The molecule has 0 spiro atoms. The van der Waals surface area contributed by atoms with E-state index in [1.807, 2.05) is 0 Å². The van der Waals surface area contributed by atoms with Crippen molar-refractivity contribution in [2.75, 3.05) is 26.2 Å². The first-order valence-electron chi connectivity index (χ1n) is 7.40. The van der Waals surface area contributed by atoms with Gasteiger partial charge in [0.25, 0.3) is 0 Å². The first kappa shape index (κ1) is 14.0. The smallest absolute Gasteiger partial charge is 0.0707 e. The molecular weight excluding hydrogens is 224 g/mol. The standard InChI is InChI=1S/C15H28N2O/c1-12(2)16-9-14-6-7-15(18-14)11-17-8-4-5-13(3)10-17/h5,12,14-16H,4,6-11H2,1-3H3. The van der Waals surface area contributed by atoms with Gasteiger partial charge in [-0.15, -0.1) is 0 Å². The Morgan fingerprint density at radius 1 is 1.39 bits per heavy atom. The highest BCUT2D eigenvalue weighted by Crippen LogP contribution is 2.21. The van der Waals surface area contributed by atoms with Gasteiger partial charge < -0.3 is 10.1 Å². The van der Waals surface area contributed by atoms with Gasteiger partial charge in [-0.3, -0.25) is 4.90 Å². The Hall–Kier alpha value is -0.380. The topological polar surface area (TPSA) is 24.5 Å². The van der Waals surface area contributed by atoms with E-state index in [4.69, 9.17) is 4.74 Å². The predicted octanol–water partition coefficient (Wildman–Crippen LogP) is 2.18. The molecule has 2 aliphatic heterocycles. The molecule has 3 nitrogen and oxygen atoms in total. The summed E-state index contributed by atoms with van der Waals surface area (Å²) in [5.41, 5.74) is 1.51. The predicted molar refractivity (Wildman–Crippen MR) is 75.8 cm³/mol.